The summed E-state index contributed by atoms with van der Waals surface area (Å²) in [7, 11) is 0. The highest BCUT2D eigenvalue weighted by Gasteiger charge is 2.17. The third kappa shape index (κ3) is 1.85. The molecule has 0 fully saturated rings. The lowest BCUT2D eigenvalue weighted by atomic mass is 10.2. The molecule has 0 bridgehead atoms. The molecular formula is C14H6BrN3O3. The van der Waals surface area contributed by atoms with Crippen LogP contribution in [0.15, 0.2) is 43.0 Å². The van der Waals surface area contributed by atoms with E-state index in [9.17, 15) is 9.59 Å². The highest BCUT2D eigenvalue weighted by Crippen LogP contribution is 2.28. The molecule has 1 aromatic carbocycles. The minimum Gasteiger partial charge on any atom is -0.449 e. The van der Waals surface area contributed by atoms with Gasteiger partial charge in [0.05, 0.1) is 0 Å². The number of rotatable bonds is 1. The van der Waals surface area contributed by atoms with Gasteiger partial charge >= 0.3 is 0 Å². The number of furan rings is 1. The van der Waals surface area contributed by atoms with Crippen molar-refractivity contribution in [3.63, 3.8) is 0 Å². The summed E-state index contributed by atoms with van der Waals surface area (Å²) in [5.41, 5.74) is 1.28. The Kier molecular flexibility index (Phi) is 2.46. The summed E-state index contributed by atoms with van der Waals surface area (Å²) in [4.78, 5) is 33.9. The number of aromatic nitrogens is 2. The van der Waals surface area contributed by atoms with Crippen LogP contribution in [0.5, 0.6) is 0 Å². The van der Waals surface area contributed by atoms with Crippen LogP contribution in [-0.2, 0) is 4.79 Å². The van der Waals surface area contributed by atoms with Crippen LogP contribution in [-0.4, -0.2) is 22.1 Å². The second kappa shape index (κ2) is 4.23. The molecule has 102 valence electrons. The number of hydrogen-bond acceptors (Lipinski definition) is 4. The molecule has 0 saturated heterocycles. The van der Waals surface area contributed by atoms with Crippen molar-refractivity contribution in [1.29, 1.82) is 0 Å². The Hall–Kier alpha value is -2.54. The average molecular weight is 344 g/mol. The number of hydrogen-bond donors (Lipinski definition) is 1. The number of nitrogens with one attached hydrogen (secondary N) is 1. The van der Waals surface area contributed by atoms with E-state index in [1.807, 2.05) is 12.1 Å². The molecule has 0 radical (unpaired) electrons. The first kappa shape index (κ1) is 12.2. The van der Waals surface area contributed by atoms with Gasteiger partial charge in [-0.05, 0) is 18.2 Å². The molecule has 1 N–H and O–H groups in total. The van der Waals surface area contributed by atoms with Gasteiger partial charge in [0.2, 0.25) is 5.58 Å². The Morgan fingerprint density at radius 1 is 1.24 bits per heavy atom. The molecule has 0 aliphatic carbocycles. The molecule has 2 aromatic heterocycles. The number of halogens is 1. The largest absolute Gasteiger partial charge is 0.449 e. The van der Waals surface area contributed by atoms with Crippen LogP contribution in [0.2, 0.25) is 0 Å². The van der Waals surface area contributed by atoms with E-state index in [0.717, 1.165) is 9.86 Å². The van der Waals surface area contributed by atoms with Crippen LogP contribution < -0.4 is 5.56 Å². The topological polar surface area (TPSA) is 88.3 Å². The summed E-state index contributed by atoms with van der Waals surface area (Å²) >= 11 is 3.38. The van der Waals surface area contributed by atoms with Gasteiger partial charge in [0, 0.05) is 27.7 Å². The van der Waals surface area contributed by atoms with Crippen molar-refractivity contribution < 1.29 is 9.21 Å². The first-order chi connectivity index (χ1) is 10.1. The van der Waals surface area contributed by atoms with E-state index in [-0.39, 0.29) is 11.5 Å². The number of fused-ring (bicyclic) bond motifs is 3. The molecule has 7 heteroatoms. The monoisotopic (exact) mass is 343 g/mol. The number of nitrogens with zero attached hydrogens (tertiary/aromatic N) is 2. The lowest BCUT2D eigenvalue weighted by Gasteiger charge is -1.97. The van der Waals surface area contributed by atoms with E-state index in [1.54, 1.807) is 6.07 Å². The van der Waals surface area contributed by atoms with Gasteiger partial charge in [0.1, 0.15) is 16.9 Å². The van der Waals surface area contributed by atoms with Gasteiger partial charge in [-0.2, -0.15) is 0 Å². The number of H-pyrrole nitrogens is 1. The zero-order valence-electron chi connectivity index (χ0n) is 10.4. The fourth-order valence-electron chi connectivity index (χ4n) is 2.23. The molecule has 3 heterocycles. The van der Waals surface area contributed by atoms with Crippen LogP contribution in [0.25, 0.3) is 27.6 Å². The van der Waals surface area contributed by atoms with E-state index in [0.29, 0.717) is 22.5 Å². The van der Waals surface area contributed by atoms with E-state index >= 15 is 0 Å². The van der Waals surface area contributed by atoms with Crippen LogP contribution in [0.3, 0.4) is 0 Å². The van der Waals surface area contributed by atoms with Gasteiger partial charge in [-0.25, -0.2) is 9.98 Å². The Bertz CT molecular complexity index is 1040. The Labute approximate surface area is 125 Å². The van der Waals surface area contributed by atoms with Gasteiger partial charge in [-0.1, -0.05) is 15.9 Å². The molecule has 0 atom stereocenters. The zero-order chi connectivity index (χ0) is 14.6. The normalized spacial score (nSPS) is 14.3. The van der Waals surface area contributed by atoms with Crippen LogP contribution in [0, 0.1) is 0 Å². The summed E-state index contributed by atoms with van der Waals surface area (Å²) in [6.45, 7) is 0. The lowest BCUT2D eigenvalue weighted by molar-refractivity contribution is -0.113. The summed E-state index contributed by atoms with van der Waals surface area (Å²) < 4.78 is 6.39. The Morgan fingerprint density at radius 3 is 2.86 bits per heavy atom. The number of carbonyl (C=O) groups is 1. The molecule has 1 aliphatic rings. The molecule has 3 aromatic rings. The zero-order valence-corrected chi connectivity index (χ0v) is 12.0. The number of carbonyl (C=O) groups excluding carboxylic acids is 1. The van der Waals surface area contributed by atoms with Crippen LogP contribution in [0.4, 0.5) is 0 Å². The summed E-state index contributed by atoms with van der Waals surface area (Å²) in [5, 5.41) is 0.730. The van der Waals surface area contributed by atoms with Crippen molar-refractivity contribution in [3.05, 3.63) is 44.9 Å². The second-order valence-corrected chi connectivity index (χ2v) is 5.45. The minimum atomic E-state index is -0.393. The molecule has 21 heavy (non-hydrogen) atoms. The number of allylic oxidation sites excluding steroid dienone is 1. The number of amides is 1. The maximum atomic E-state index is 12.1. The number of aliphatic imine (C=N–C) groups is 1. The van der Waals surface area contributed by atoms with Gasteiger partial charge in [0.25, 0.3) is 11.5 Å². The summed E-state index contributed by atoms with van der Waals surface area (Å²) in [5.74, 6) is -0.0719. The molecule has 1 aliphatic heterocycles. The van der Waals surface area contributed by atoms with E-state index in [2.05, 4.69) is 30.9 Å². The smallest absolute Gasteiger partial charge is 0.294 e. The molecular weight excluding hydrogens is 338 g/mol. The van der Waals surface area contributed by atoms with Gasteiger partial charge < -0.3 is 9.40 Å². The lowest BCUT2D eigenvalue weighted by Crippen LogP contribution is -2.10. The van der Waals surface area contributed by atoms with E-state index in [4.69, 9.17) is 4.42 Å². The standard InChI is InChI=1S/C14H6BrN3O3/c15-7-1-2-9-8(4-7)11-12(21-9)14(20)18-13(17-11)6-3-10(19)16-5-6/h1-5H,(H,17,18,20). The first-order valence-corrected chi connectivity index (χ1v) is 6.83. The van der Waals surface area contributed by atoms with Crippen molar-refractivity contribution in [2.75, 3.05) is 0 Å². The van der Waals surface area contributed by atoms with Gasteiger partial charge in [-0.15, -0.1) is 0 Å². The predicted molar refractivity (Wildman–Crippen MR) is 81.3 cm³/mol. The number of aromatic amines is 1. The fraction of sp³-hybridized carbons (Fsp3) is 0. The molecule has 0 unspecified atom stereocenters. The molecule has 0 saturated carbocycles. The van der Waals surface area contributed by atoms with Gasteiger partial charge in [-0.3, -0.25) is 9.59 Å². The van der Waals surface area contributed by atoms with Crippen molar-refractivity contribution in [3.8, 4) is 0 Å². The number of benzene rings is 1. The van der Waals surface area contributed by atoms with Crippen molar-refractivity contribution in [2.24, 2.45) is 4.99 Å². The molecule has 1 amide bonds. The highest BCUT2D eigenvalue weighted by atomic mass is 79.9. The second-order valence-electron chi connectivity index (χ2n) is 4.53. The van der Waals surface area contributed by atoms with Crippen molar-refractivity contribution in [1.82, 2.24) is 9.97 Å². The molecule has 0 spiro atoms. The molecule has 6 nitrogen and oxygen atoms in total. The van der Waals surface area contributed by atoms with Gasteiger partial charge in [0.15, 0.2) is 0 Å². The SMILES string of the molecule is O=C1C=C(c2nc3c(oc4ccc(Br)cc43)c(=O)[nH]2)C=N1. The van der Waals surface area contributed by atoms with Crippen molar-refractivity contribution >= 4 is 55.7 Å². The average Bonchev–Trinajstić information content (AvgIpc) is 3.03. The highest BCUT2D eigenvalue weighted by molar-refractivity contribution is 9.10. The minimum absolute atomic E-state index is 0.161. The van der Waals surface area contributed by atoms with Crippen molar-refractivity contribution in [2.45, 2.75) is 0 Å². The maximum Gasteiger partial charge on any atom is 0.294 e. The van der Waals surface area contributed by atoms with E-state index < -0.39 is 5.56 Å². The first-order valence-electron chi connectivity index (χ1n) is 6.04. The third-order valence-corrected chi connectivity index (χ3v) is 3.66. The Morgan fingerprint density at radius 2 is 2.10 bits per heavy atom. The van der Waals surface area contributed by atoms with E-state index in [1.165, 1.54) is 12.3 Å². The maximum absolute atomic E-state index is 12.1. The summed E-state index contributed by atoms with van der Waals surface area (Å²) in [6, 6.07) is 5.42. The predicted octanol–water partition coefficient (Wildman–Crippen LogP) is 2.43. The van der Waals surface area contributed by atoms with Crippen LogP contribution >= 0.6 is 15.9 Å². The summed E-state index contributed by atoms with van der Waals surface area (Å²) in [6.07, 6.45) is 2.70. The molecule has 4 rings (SSSR count). The third-order valence-electron chi connectivity index (χ3n) is 3.17. The Balaban J connectivity index is 2.08. The quantitative estimate of drug-likeness (QED) is 0.734. The van der Waals surface area contributed by atoms with Crippen LogP contribution in [0.1, 0.15) is 5.82 Å². The fourth-order valence-corrected chi connectivity index (χ4v) is 2.59.